The molecular weight excluding hydrogens is 178 g/mol. The molecule has 3 unspecified atom stereocenters. The van der Waals surface area contributed by atoms with Gasteiger partial charge in [0.05, 0.1) is 0 Å². The van der Waals surface area contributed by atoms with Crippen molar-refractivity contribution in [2.24, 2.45) is 5.92 Å². The molecule has 1 heterocycles. The molecule has 0 bridgehead atoms. The molecule has 0 aromatic carbocycles. The van der Waals surface area contributed by atoms with Crippen molar-refractivity contribution in [3.05, 3.63) is 0 Å². The molecule has 1 N–H and O–H groups in total. The van der Waals surface area contributed by atoms with Crippen LogP contribution in [0.2, 0.25) is 0 Å². The van der Waals surface area contributed by atoms with Gasteiger partial charge in [-0.15, -0.1) is 0 Å². The van der Waals surface area contributed by atoms with E-state index in [0.29, 0.717) is 12.0 Å². The summed E-state index contributed by atoms with van der Waals surface area (Å²) in [7, 11) is 0. The van der Waals surface area contributed by atoms with Gasteiger partial charge in [0.2, 0.25) is 0 Å². The summed E-state index contributed by atoms with van der Waals surface area (Å²) in [5.41, 5.74) is 0. The van der Waals surface area contributed by atoms with E-state index in [-0.39, 0.29) is 6.04 Å². The van der Waals surface area contributed by atoms with Crippen LogP contribution in [-0.4, -0.2) is 34.6 Å². The minimum atomic E-state index is -0.697. The van der Waals surface area contributed by atoms with Gasteiger partial charge in [-0.05, 0) is 38.6 Å². The average Bonchev–Trinajstić information content (AvgIpc) is 2.16. The first kappa shape index (κ1) is 11.5. The second kappa shape index (κ2) is 4.78. The molecule has 3 atom stereocenters. The fourth-order valence-electron chi connectivity index (χ4n) is 2.54. The summed E-state index contributed by atoms with van der Waals surface area (Å²) in [6.07, 6.45) is 3.43. The molecule has 0 aromatic heterocycles. The Kier molecular flexibility index (Phi) is 3.93. The number of nitrogens with zero attached hydrogens (tertiary/aromatic N) is 1. The van der Waals surface area contributed by atoms with E-state index in [1.165, 1.54) is 6.42 Å². The van der Waals surface area contributed by atoms with Crippen molar-refractivity contribution in [1.29, 1.82) is 0 Å². The summed E-state index contributed by atoms with van der Waals surface area (Å²) in [5.74, 6) is -0.0619. The summed E-state index contributed by atoms with van der Waals surface area (Å²) in [4.78, 5) is 13.1. The zero-order chi connectivity index (χ0) is 10.7. The zero-order valence-electron chi connectivity index (χ0n) is 9.36. The average molecular weight is 199 g/mol. The molecule has 14 heavy (non-hydrogen) atoms. The molecule has 0 amide bonds. The number of hydrogen-bond donors (Lipinski definition) is 1. The van der Waals surface area contributed by atoms with E-state index < -0.39 is 5.97 Å². The van der Waals surface area contributed by atoms with Crippen LogP contribution in [0.15, 0.2) is 0 Å². The highest BCUT2D eigenvalue weighted by Gasteiger charge is 2.32. The predicted molar refractivity (Wildman–Crippen MR) is 56.3 cm³/mol. The van der Waals surface area contributed by atoms with Crippen LogP contribution >= 0.6 is 0 Å². The van der Waals surface area contributed by atoms with Gasteiger partial charge in [-0.2, -0.15) is 0 Å². The highest BCUT2D eigenvalue weighted by Crippen LogP contribution is 2.27. The van der Waals surface area contributed by atoms with Crippen molar-refractivity contribution >= 4 is 5.97 Å². The maximum atomic E-state index is 10.9. The molecule has 82 valence electrons. The molecule has 1 aliphatic heterocycles. The fraction of sp³-hybridized carbons (Fsp3) is 0.909. The van der Waals surface area contributed by atoms with Gasteiger partial charge in [0.1, 0.15) is 6.04 Å². The molecule has 0 saturated carbocycles. The molecule has 1 rings (SSSR count). The predicted octanol–water partition coefficient (Wildman–Crippen LogP) is 1.97. The van der Waals surface area contributed by atoms with Crippen molar-refractivity contribution in [2.45, 2.75) is 52.1 Å². The molecule has 3 heteroatoms. The minimum absolute atomic E-state index is 0.331. The molecule has 1 aliphatic rings. The topological polar surface area (TPSA) is 40.5 Å². The monoisotopic (exact) mass is 199 g/mol. The van der Waals surface area contributed by atoms with Gasteiger partial charge in [0.25, 0.3) is 0 Å². The third kappa shape index (κ3) is 2.27. The quantitative estimate of drug-likeness (QED) is 0.755. The molecule has 0 aromatic rings. The standard InChI is InChI=1S/C11H21NO2/c1-4-10-8(2)6-5-7-12(10)9(3)11(13)14/h8-10H,4-7H2,1-3H3,(H,13,14). The van der Waals surface area contributed by atoms with Crippen molar-refractivity contribution in [1.82, 2.24) is 4.90 Å². The molecule has 3 nitrogen and oxygen atoms in total. The van der Waals surface area contributed by atoms with E-state index in [2.05, 4.69) is 18.7 Å². The van der Waals surface area contributed by atoms with Gasteiger partial charge < -0.3 is 5.11 Å². The van der Waals surface area contributed by atoms with Crippen LogP contribution in [0.25, 0.3) is 0 Å². The fourth-order valence-corrected chi connectivity index (χ4v) is 2.54. The summed E-state index contributed by atoms with van der Waals surface area (Å²) in [5, 5.41) is 8.99. The van der Waals surface area contributed by atoms with Crippen molar-refractivity contribution in [2.75, 3.05) is 6.54 Å². The van der Waals surface area contributed by atoms with E-state index in [1.807, 2.05) is 0 Å². The maximum Gasteiger partial charge on any atom is 0.320 e. The Labute approximate surface area is 86.1 Å². The van der Waals surface area contributed by atoms with E-state index in [1.54, 1.807) is 6.92 Å². The van der Waals surface area contributed by atoms with Crippen molar-refractivity contribution in [3.8, 4) is 0 Å². The van der Waals surface area contributed by atoms with Crippen LogP contribution in [0, 0.1) is 5.92 Å². The highest BCUT2D eigenvalue weighted by molar-refractivity contribution is 5.72. The second-order valence-electron chi connectivity index (χ2n) is 4.35. The number of likely N-dealkylation sites (tertiary alicyclic amines) is 1. The normalized spacial score (nSPS) is 31.4. The molecule has 1 saturated heterocycles. The Balaban J connectivity index is 2.69. The SMILES string of the molecule is CCC1C(C)CCCN1C(C)C(=O)O. The molecule has 0 aliphatic carbocycles. The van der Waals surface area contributed by atoms with Gasteiger partial charge in [0.15, 0.2) is 0 Å². The maximum absolute atomic E-state index is 10.9. The number of aliphatic carboxylic acids is 1. The lowest BCUT2D eigenvalue weighted by molar-refractivity contribution is -0.144. The third-order valence-corrected chi connectivity index (χ3v) is 3.43. The lowest BCUT2D eigenvalue weighted by Crippen LogP contribution is -2.51. The van der Waals surface area contributed by atoms with Crippen LogP contribution in [0.4, 0.5) is 0 Å². The van der Waals surface area contributed by atoms with Crippen LogP contribution < -0.4 is 0 Å². The first-order chi connectivity index (χ1) is 6.57. The van der Waals surface area contributed by atoms with Gasteiger partial charge in [-0.1, -0.05) is 13.8 Å². The van der Waals surface area contributed by atoms with Crippen LogP contribution in [0.3, 0.4) is 0 Å². The molecular formula is C11H21NO2. The summed E-state index contributed by atoms with van der Waals surface area (Å²) < 4.78 is 0. The van der Waals surface area contributed by atoms with E-state index >= 15 is 0 Å². The van der Waals surface area contributed by atoms with Gasteiger partial charge >= 0.3 is 5.97 Å². The van der Waals surface area contributed by atoms with E-state index in [9.17, 15) is 4.79 Å². The summed E-state index contributed by atoms with van der Waals surface area (Å²) in [6, 6.07) is 0.123. The number of rotatable bonds is 3. The van der Waals surface area contributed by atoms with Gasteiger partial charge in [0, 0.05) is 6.04 Å². The van der Waals surface area contributed by atoms with Crippen molar-refractivity contribution in [3.63, 3.8) is 0 Å². The Bertz CT molecular complexity index is 205. The lowest BCUT2D eigenvalue weighted by atomic mass is 9.88. The third-order valence-electron chi connectivity index (χ3n) is 3.43. The second-order valence-corrected chi connectivity index (χ2v) is 4.35. The smallest absolute Gasteiger partial charge is 0.320 e. The number of hydrogen-bond acceptors (Lipinski definition) is 2. The van der Waals surface area contributed by atoms with Gasteiger partial charge in [-0.25, -0.2) is 0 Å². The highest BCUT2D eigenvalue weighted by atomic mass is 16.4. The zero-order valence-corrected chi connectivity index (χ0v) is 9.36. The minimum Gasteiger partial charge on any atom is -0.480 e. The Morgan fingerprint density at radius 2 is 2.29 bits per heavy atom. The van der Waals surface area contributed by atoms with Crippen LogP contribution in [0.5, 0.6) is 0 Å². The van der Waals surface area contributed by atoms with Crippen LogP contribution in [-0.2, 0) is 4.79 Å². The summed E-state index contributed by atoms with van der Waals surface area (Å²) in [6.45, 7) is 7.11. The first-order valence-electron chi connectivity index (χ1n) is 5.56. The van der Waals surface area contributed by atoms with Crippen molar-refractivity contribution < 1.29 is 9.90 Å². The molecule has 0 spiro atoms. The lowest BCUT2D eigenvalue weighted by Gasteiger charge is -2.41. The Morgan fingerprint density at radius 1 is 1.64 bits per heavy atom. The Hall–Kier alpha value is -0.570. The number of carboxylic acids is 1. The first-order valence-corrected chi connectivity index (χ1v) is 5.56. The number of carboxylic acid groups (broad SMARTS) is 1. The number of carbonyl (C=O) groups is 1. The van der Waals surface area contributed by atoms with E-state index in [4.69, 9.17) is 5.11 Å². The molecule has 1 fully saturated rings. The number of piperidine rings is 1. The largest absolute Gasteiger partial charge is 0.480 e. The van der Waals surface area contributed by atoms with E-state index in [0.717, 1.165) is 19.4 Å². The van der Waals surface area contributed by atoms with Crippen LogP contribution in [0.1, 0.15) is 40.0 Å². The summed E-state index contributed by atoms with van der Waals surface area (Å²) >= 11 is 0. The van der Waals surface area contributed by atoms with Gasteiger partial charge in [-0.3, -0.25) is 9.69 Å². The molecule has 0 radical (unpaired) electrons. The Morgan fingerprint density at radius 3 is 2.79 bits per heavy atom.